The summed E-state index contributed by atoms with van der Waals surface area (Å²) in [7, 11) is 1.65. The molecule has 1 amide bonds. The van der Waals surface area contributed by atoms with Crippen molar-refractivity contribution in [3.05, 3.63) is 22.7 Å². The van der Waals surface area contributed by atoms with Gasteiger partial charge in [0.1, 0.15) is 0 Å². The van der Waals surface area contributed by atoms with E-state index < -0.39 is 0 Å². The lowest BCUT2D eigenvalue weighted by Crippen LogP contribution is -2.31. The average molecular weight is 290 g/mol. The number of carbonyl (C=O) groups excluding carboxylic acids is 2. The summed E-state index contributed by atoms with van der Waals surface area (Å²) in [4.78, 5) is 25.6. The molecule has 1 heterocycles. The van der Waals surface area contributed by atoms with Gasteiger partial charge in [0.25, 0.3) is 0 Å². The van der Waals surface area contributed by atoms with Crippen LogP contribution in [0.4, 0.5) is 5.69 Å². The summed E-state index contributed by atoms with van der Waals surface area (Å²) in [6.45, 7) is 0. The second kappa shape index (κ2) is 4.88. The van der Waals surface area contributed by atoms with Crippen LogP contribution in [0.25, 0.3) is 0 Å². The lowest BCUT2D eigenvalue weighted by molar-refractivity contribution is -0.116. The Labute approximate surface area is 113 Å². The molecular weight excluding hydrogens is 281 g/mol. The smallest absolute Gasteiger partial charge is 0.237 e. The lowest BCUT2D eigenvalue weighted by Gasteiger charge is -2.26. The first-order valence-corrected chi connectivity index (χ1v) is 6.77. The molecule has 0 bridgehead atoms. The molecule has 0 spiro atoms. The van der Waals surface area contributed by atoms with Crippen LogP contribution in [0.15, 0.2) is 17.0 Å². The number of hydrogen-bond donors (Lipinski definition) is 0. The van der Waals surface area contributed by atoms with Crippen LogP contribution in [-0.2, 0) is 4.79 Å². The van der Waals surface area contributed by atoms with E-state index in [0.717, 1.165) is 4.90 Å². The molecule has 1 aromatic rings. The number of carbonyl (C=O) groups is 2. The van der Waals surface area contributed by atoms with Crippen LogP contribution in [-0.4, -0.2) is 30.4 Å². The number of nitrogens with zero attached hydrogens (tertiary/aromatic N) is 1. The Morgan fingerprint density at radius 2 is 2.24 bits per heavy atom. The van der Waals surface area contributed by atoms with Gasteiger partial charge in [-0.1, -0.05) is 11.6 Å². The van der Waals surface area contributed by atoms with Crippen LogP contribution < -0.4 is 4.90 Å². The van der Waals surface area contributed by atoms with E-state index in [2.05, 4.69) is 0 Å². The molecule has 3 nitrogen and oxygen atoms in total. The van der Waals surface area contributed by atoms with Gasteiger partial charge < -0.3 is 4.90 Å². The van der Waals surface area contributed by atoms with Crippen molar-refractivity contribution in [3.8, 4) is 0 Å². The van der Waals surface area contributed by atoms with Crippen LogP contribution in [0.5, 0.6) is 0 Å². The van der Waals surface area contributed by atoms with E-state index >= 15 is 0 Å². The van der Waals surface area contributed by atoms with E-state index in [9.17, 15) is 9.59 Å². The third-order valence-electron chi connectivity index (χ3n) is 2.56. The molecule has 0 saturated carbocycles. The maximum absolute atomic E-state index is 11.6. The molecule has 1 aliphatic heterocycles. The van der Waals surface area contributed by atoms with Crippen molar-refractivity contribution in [1.29, 1.82) is 0 Å². The number of halogens is 2. The van der Waals surface area contributed by atoms with Crippen molar-refractivity contribution in [1.82, 2.24) is 0 Å². The summed E-state index contributed by atoms with van der Waals surface area (Å²) >= 11 is 13.1. The molecule has 17 heavy (non-hydrogen) atoms. The number of amides is 1. The minimum atomic E-state index is -0.240. The van der Waals surface area contributed by atoms with Crippen LogP contribution in [0.3, 0.4) is 0 Å². The summed E-state index contributed by atoms with van der Waals surface area (Å²) in [6.07, 6.45) is 0. The molecule has 0 N–H and O–H groups in total. The summed E-state index contributed by atoms with van der Waals surface area (Å²) in [5.74, 6) is 0.00197. The molecular formula is C11H9Cl2NO2S. The highest BCUT2D eigenvalue weighted by Crippen LogP contribution is 2.41. The Kier molecular flexibility index (Phi) is 3.66. The highest BCUT2D eigenvalue weighted by Gasteiger charge is 2.26. The zero-order valence-electron chi connectivity index (χ0n) is 9.00. The lowest BCUT2D eigenvalue weighted by atomic mass is 10.1. The van der Waals surface area contributed by atoms with Gasteiger partial charge in [-0.2, -0.15) is 0 Å². The molecule has 90 valence electrons. The van der Waals surface area contributed by atoms with Gasteiger partial charge in [-0.05, 0) is 12.1 Å². The molecule has 0 aromatic heterocycles. The Balaban J connectivity index is 2.57. The Morgan fingerprint density at radius 1 is 1.53 bits per heavy atom. The monoisotopic (exact) mass is 289 g/mol. The van der Waals surface area contributed by atoms with E-state index in [4.69, 9.17) is 23.2 Å². The van der Waals surface area contributed by atoms with Crippen LogP contribution in [0, 0.1) is 0 Å². The van der Waals surface area contributed by atoms with E-state index in [1.165, 1.54) is 16.7 Å². The molecule has 0 fully saturated rings. The fraction of sp³-hybridized carbons (Fsp3) is 0.273. The van der Waals surface area contributed by atoms with Crippen molar-refractivity contribution in [3.63, 3.8) is 0 Å². The number of benzene rings is 1. The summed E-state index contributed by atoms with van der Waals surface area (Å²) in [5.41, 5.74) is 0.964. The quantitative estimate of drug-likeness (QED) is 0.621. The molecule has 2 rings (SSSR count). The molecule has 0 saturated heterocycles. The van der Waals surface area contributed by atoms with Crippen molar-refractivity contribution < 1.29 is 9.59 Å². The number of rotatable bonds is 2. The predicted octanol–water partition coefficient (Wildman–Crippen LogP) is 2.83. The van der Waals surface area contributed by atoms with Gasteiger partial charge in [0, 0.05) is 17.5 Å². The van der Waals surface area contributed by atoms with Gasteiger partial charge in [0.2, 0.25) is 5.91 Å². The second-order valence-corrected chi connectivity index (χ2v) is 5.23. The maximum atomic E-state index is 11.6. The number of alkyl halides is 1. The van der Waals surface area contributed by atoms with Crippen molar-refractivity contribution in [2.75, 3.05) is 23.6 Å². The molecule has 0 radical (unpaired) electrons. The predicted molar refractivity (Wildman–Crippen MR) is 70.6 cm³/mol. The standard InChI is InChI=1S/C11H9Cl2NO2S/c1-14-9(16)5-17-8-3-2-6(7(15)4-12)10(13)11(8)14/h2-3H,4-5H2,1H3. The number of ketones is 1. The molecule has 0 atom stereocenters. The van der Waals surface area contributed by atoms with Crippen LogP contribution in [0.2, 0.25) is 5.02 Å². The van der Waals surface area contributed by atoms with Gasteiger partial charge in [-0.15, -0.1) is 23.4 Å². The van der Waals surface area contributed by atoms with Crippen molar-refractivity contribution in [2.24, 2.45) is 0 Å². The zero-order chi connectivity index (χ0) is 12.6. The normalized spacial score (nSPS) is 14.8. The van der Waals surface area contributed by atoms with Gasteiger partial charge in [0.15, 0.2) is 5.78 Å². The minimum absolute atomic E-state index is 0.0279. The van der Waals surface area contributed by atoms with Gasteiger partial charge in [-0.3, -0.25) is 9.59 Å². The molecule has 0 unspecified atom stereocenters. The first kappa shape index (κ1) is 12.7. The second-order valence-electron chi connectivity index (χ2n) is 3.57. The first-order valence-electron chi connectivity index (χ1n) is 4.87. The SMILES string of the molecule is CN1C(=O)CSc2ccc(C(=O)CCl)c(Cl)c21. The highest BCUT2D eigenvalue weighted by molar-refractivity contribution is 8.00. The topological polar surface area (TPSA) is 37.4 Å². The Hall–Kier alpha value is -0.710. The minimum Gasteiger partial charge on any atom is -0.312 e. The van der Waals surface area contributed by atoms with Gasteiger partial charge in [0.05, 0.1) is 22.3 Å². The number of Topliss-reactive ketones (excluding diaryl/α,β-unsaturated/α-hetero) is 1. The third-order valence-corrected chi connectivity index (χ3v) is 4.22. The number of anilines is 1. The Bertz CT molecular complexity index is 504. The largest absolute Gasteiger partial charge is 0.312 e. The van der Waals surface area contributed by atoms with Crippen LogP contribution in [0.1, 0.15) is 10.4 Å². The number of thioether (sulfide) groups is 1. The fourth-order valence-corrected chi connectivity index (χ4v) is 3.23. The molecule has 1 aromatic carbocycles. The first-order chi connectivity index (χ1) is 8.06. The number of fused-ring (bicyclic) bond motifs is 1. The number of hydrogen-bond acceptors (Lipinski definition) is 3. The maximum Gasteiger partial charge on any atom is 0.237 e. The zero-order valence-corrected chi connectivity index (χ0v) is 11.3. The summed E-state index contributed by atoms with van der Waals surface area (Å²) in [6, 6.07) is 3.46. The van der Waals surface area contributed by atoms with Crippen molar-refractivity contribution in [2.45, 2.75) is 4.90 Å². The van der Waals surface area contributed by atoms with Gasteiger partial charge in [-0.25, -0.2) is 0 Å². The molecule has 0 aliphatic carbocycles. The van der Waals surface area contributed by atoms with E-state index in [1.54, 1.807) is 19.2 Å². The fourth-order valence-electron chi connectivity index (χ4n) is 1.62. The molecule has 1 aliphatic rings. The summed E-state index contributed by atoms with van der Waals surface area (Å²) in [5, 5.41) is 0.302. The molecule has 6 heteroatoms. The highest BCUT2D eigenvalue weighted by atomic mass is 35.5. The van der Waals surface area contributed by atoms with E-state index in [-0.39, 0.29) is 17.6 Å². The van der Waals surface area contributed by atoms with Crippen molar-refractivity contribution >= 4 is 52.3 Å². The Morgan fingerprint density at radius 3 is 2.88 bits per heavy atom. The van der Waals surface area contributed by atoms with E-state index in [0.29, 0.717) is 22.0 Å². The van der Waals surface area contributed by atoms with Gasteiger partial charge >= 0.3 is 0 Å². The third kappa shape index (κ3) is 2.17. The van der Waals surface area contributed by atoms with Crippen LogP contribution >= 0.6 is 35.0 Å². The summed E-state index contributed by atoms with van der Waals surface area (Å²) < 4.78 is 0. The van der Waals surface area contributed by atoms with E-state index in [1.807, 2.05) is 0 Å². The average Bonchev–Trinajstić information content (AvgIpc) is 2.33.